The Kier molecular flexibility index (Phi) is 7.98. The summed E-state index contributed by atoms with van der Waals surface area (Å²) < 4.78 is 15.3. The summed E-state index contributed by atoms with van der Waals surface area (Å²) in [7, 11) is 0. The summed E-state index contributed by atoms with van der Waals surface area (Å²) in [5, 5.41) is 0. The average molecular weight is 413 g/mol. The molecule has 0 bridgehead atoms. The van der Waals surface area contributed by atoms with Crippen LogP contribution in [0.1, 0.15) is 42.3 Å². The van der Waals surface area contributed by atoms with Gasteiger partial charge in [-0.25, -0.2) is 9.59 Å². The van der Waals surface area contributed by atoms with Gasteiger partial charge < -0.3 is 14.2 Å². The van der Waals surface area contributed by atoms with E-state index in [1.54, 1.807) is 45.0 Å². The largest absolute Gasteiger partial charge is 0.459 e. The summed E-state index contributed by atoms with van der Waals surface area (Å²) in [4.78, 5) is 37.9. The van der Waals surface area contributed by atoms with Gasteiger partial charge >= 0.3 is 18.0 Å². The van der Waals surface area contributed by atoms with Crippen molar-refractivity contribution in [3.63, 3.8) is 0 Å². The maximum absolute atomic E-state index is 12.5. The Labute approximate surface area is 176 Å². The number of benzene rings is 2. The topological polar surface area (TPSA) is 82.1 Å². The molecular formula is C23H27NO6. The number of carbonyl (C=O) groups is 3. The molecule has 160 valence electrons. The van der Waals surface area contributed by atoms with Crippen LogP contribution < -0.4 is 0 Å². The fraction of sp³-hybridized carbons (Fsp3) is 0.348. The summed E-state index contributed by atoms with van der Waals surface area (Å²) in [6.45, 7) is 6.45. The molecule has 0 aliphatic heterocycles. The molecule has 0 heterocycles. The first-order valence-corrected chi connectivity index (χ1v) is 9.54. The zero-order valence-electron chi connectivity index (χ0n) is 17.7. The van der Waals surface area contributed by atoms with Gasteiger partial charge in [0.2, 0.25) is 6.79 Å². The number of hydrogen-bond donors (Lipinski definition) is 0. The van der Waals surface area contributed by atoms with E-state index in [9.17, 15) is 14.4 Å². The lowest BCUT2D eigenvalue weighted by molar-refractivity contribution is -0.147. The molecule has 7 nitrogen and oxygen atoms in total. The number of aryl methyl sites for hydroxylation is 1. The second-order valence-corrected chi connectivity index (χ2v) is 7.73. The number of nitrogens with zero attached hydrogens (tertiary/aromatic N) is 1. The van der Waals surface area contributed by atoms with Crippen LogP contribution in [0.5, 0.6) is 0 Å². The number of ether oxygens (including phenoxy) is 3. The second-order valence-electron chi connectivity index (χ2n) is 7.73. The van der Waals surface area contributed by atoms with Gasteiger partial charge in [-0.3, -0.25) is 9.69 Å². The molecule has 0 aliphatic carbocycles. The third-order valence-electron chi connectivity index (χ3n) is 4.22. The van der Waals surface area contributed by atoms with Crippen LogP contribution in [0.2, 0.25) is 0 Å². The van der Waals surface area contributed by atoms with Gasteiger partial charge in [0.25, 0.3) is 0 Å². The van der Waals surface area contributed by atoms with E-state index in [0.717, 1.165) is 11.1 Å². The van der Waals surface area contributed by atoms with E-state index in [1.165, 1.54) is 4.90 Å². The molecule has 0 N–H and O–H groups in total. The standard InChI is InChI=1S/C23H27NO6/c1-17-10-12-19(13-11-17)21(26)29-16-30-22(27)24(23(2,3)4)14-20(25)28-15-18-8-6-5-7-9-18/h5-13H,14-16H2,1-4H3. The summed E-state index contributed by atoms with van der Waals surface area (Å²) in [5.74, 6) is -1.17. The minimum absolute atomic E-state index is 0.112. The zero-order chi connectivity index (χ0) is 22.1. The van der Waals surface area contributed by atoms with Crippen LogP contribution in [0.4, 0.5) is 4.79 Å². The average Bonchev–Trinajstić information content (AvgIpc) is 2.70. The normalized spacial score (nSPS) is 10.8. The van der Waals surface area contributed by atoms with Crippen molar-refractivity contribution in [1.82, 2.24) is 4.90 Å². The van der Waals surface area contributed by atoms with E-state index in [-0.39, 0.29) is 13.2 Å². The van der Waals surface area contributed by atoms with E-state index >= 15 is 0 Å². The lowest BCUT2D eigenvalue weighted by Crippen LogP contribution is -2.49. The molecule has 7 heteroatoms. The maximum atomic E-state index is 12.5. The molecule has 2 rings (SSSR count). The molecule has 0 unspecified atom stereocenters. The van der Waals surface area contributed by atoms with Crippen LogP contribution in [-0.4, -0.2) is 41.8 Å². The number of esters is 2. The first kappa shape index (κ1) is 22.9. The molecule has 0 radical (unpaired) electrons. The van der Waals surface area contributed by atoms with Crippen molar-refractivity contribution < 1.29 is 28.6 Å². The highest BCUT2D eigenvalue weighted by molar-refractivity contribution is 5.89. The monoisotopic (exact) mass is 413 g/mol. The molecule has 2 aromatic rings. The second kappa shape index (κ2) is 10.4. The van der Waals surface area contributed by atoms with Gasteiger partial charge in [-0.2, -0.15) is 0 Å². The van der Waals surface area contributed by atoms with Crippen molar-refractivity contribution in [3.8, 4) is 0 Å². The van der Waals surface area contributed by atoms with Crippen molar-refractivity contribution in [1.29, 1.82) is 0 Å². The maximum Gasteiger partial charge on any atom is 0.413 e. The van der Waals surface area contributed by atoms with Gasteiger partial charge in [0.1, 0.15) is 13.2 Å². The smallest absolute Gasteiger partial charge is 0.413 e. The van der Waals surface area contributed by atoms with Crippen LogP contribution in [0.25, 0.3) is 0 Å². The zero-order valence-corrected chi connectivity index (χ0v) is 17.7. The quantitative estimate of drug-likeness (QED) is 0.502. The molecule has 0 saturated heterocycles. The first-order valence-electron chi connectivity index (χ1n) is 9.54. The summed E-state index contributed by atoms with van der Waals surface area (Å²) >= 11 is 0. The van der Waals surface area contributed by atoms with Crippen LogP contribution >= 0.6 is 0 Å². The van der Waals surface area contributed by atoms with Crippen LogP contribution in [0.15, 0.2) is 54.6 Å². The van der Waals surface area contributed by atoms with Gasteiger partial charge in [0.15, 0.2) is 0 Å². The molecule has 30 heavy (non-hydrogen) atoms. The Morgan fingerprint density at radius 1 is 0.867 bits per heavy atom. The summed E-state index contributed by atoms with van der Waals surface area (Å²) in [6.07, 6.45) is -0.782. The van der Waals surface area contributed by atoms with E-state index in [0.29, 0.717) is 5.56 Å². The van der Waals surface area contributed by atoms with Gasteiger partial charge in [0, 0.05) is 5.54 Å². The third kappa shape index (κ3) is 7.24. The van der Waals surface area contributed by atoms with E-state index in [4.69, 9.17) is 14.2 Å². The molecule has 2 aromatic carbocycles. The Bertz CT molecular complexity index is 856. The highest BCUT2D eigenvalue weighted by Crippen LogP contribution is 2.15. The Balaban J connectivity index is 1.86. The SMILES string of the molecule is Cc1ccc(C(=O)OCOC(=O)N(CC(=O)OCc2ccccc2)C(C)(C)C)cc1. The molecule has 0 spiro atoms. The molecule has 0 fully saturated rings. The van der Waals surface area contributed by atoms with Crippen molar-refractivity contribution in [2.24, 2.45) is 0 Å². The molecule has 0 atom stereocenters. The van der Waals surface area contributed by atoms with E-state index in [1.807, 2.05) is 37.3 Å². The van der Waals surface area contributed by atoms with Gasteiger partial charge in [-0.1, -0.05) is 48.0 Å². The van der Waals surface area contributed by atoms with E-state index in [2.05, 4.69) is 0 Å². The van der Waals surface area contributed by atoms with Crippen molar-refractivity contribution in [2.75, 3.05) is 13.3 Å². The van der Waals surface area contributed by atoms with Gasteiger partial charge in [-0.05, 0) is 45.4 Å². The molecule has 1 amide bonds. The molecule has 0 aliphatic rings. The van der Waals surface area contributed by atoms with Crippen molar-refractivity contribution in [2.45, 2.75) is 39.8 Å². The number of amides is 1. The van der Waals surface area contributed by atoms with Crippen molar-refractivity contribution in [3.05, 3.63) is 71.3 Å². The predicted octanol–water partition coefficient (Wildman–Crippen LogP) is 4.09. The highest BCUT2D eigenvalue weighted by atomic mass is 16.7. The lowest BCUT2D eigenvalue weighted by Gasteiger charge is -2.33. The molecular weight excluding hydrogens is 386 g/mol. The Morgan fingerprint density at radius 2 is 1.50 bits per heavy atom. The minimum Gasteiger partial charge on any atom is -0.459 e. The Morgan fingerprint density at radius 3 is 2.10 bits per heavy atom. The first-order chi connectivity index (χ1) is 14.2. The summed E-state index contributed by atoms with van der Waals surface area (Å²) in [5.41, 5.74) is 1.51. The minimum atomic E-state index is -0.782. The fourth-order valence-corrected chi connectivity index (χ4v) is 2.47. The van der Waals surface area contributed by atoms with Crippen LogP contribution in [0.3, 0.4) is 0 Å². The number of rotatable bonds is 7. The van der Waals surface area contributed by atoms with Gasteiger partial charge in [-0.15, -0.1) is 0 Å². The highest BCUT2D eigenvalue weighted by Gasteiger charge is 2.30. The van der Waals surface area contributed by atoms with E-state index < -0.39 is 30.4 Å². The van der Waals surface area contributed by atoms with Crippen LogP contribution in [0, 0.1) is 6.92 Å². The lowest BCUT2D eigenvalue weighted by atomic mass is 10.1. The molecule has 0 aromatic heterocycles. The Hall–Kier alpha value is -3.35. The van der Waals surface area contributed by atoms with Crippen molar-refractivity contribution >= 4 is 18.0 Å². The number of hydrogen-bond acceptors (Lipinski definition) is 6. The predicted molar refractivity (Wildman–Crippen MR) is 111 cm³/mol. The van der Waals surface area contributed by atoms with Gasteiger partial charge in [0.05, 0.1) is 5.56 Å². The number of carbonyl (C=O) groups excluding carboxylic acids is 3. The third-order valence-corrected chi connectivity index (χ3v) is 4.22. The molecule has 0 saturated carbocycles. The summed E-state index contributed by atoms with van der Waals surface area (Å²) in [6, 6.07) is 16.1. The van der Waals surface area contributed by atoms with Crippen LogP contribution in [-0.2, 0) is 25.6 Å². The fourth-order valence-electron chi connectivity index (χ4n) is 2.47.